The number of aromatic nitrogens is 4. The van der Waals surface area contributed by atoms with Gasteiger partial charge in [-0.15, -0.1) is 16.8 Å². The van der Waals surface area contributed by atoms with Crippen molar-refractivity contribution in [3.63, 3.8) is 0 Å². The number of aryl methyl sites for hydroxylation is 1. The van der Waals surface area contributed by atoms with Crippen molar-refractivity contribution in [1.82, 2.24) is 20.2 Å². The zero-order chi connectivity index (χ0) is 7.56. The largest absolute Gasteiger partial charge is 0.232 e. The monoisotopic (exact) mass is 176 g/mol. The summed E-state index contributed by atoms with van der Waals surface area (Å²) in [5, 5.41) is 11.3. The number of hydrogen-bond acceptors (Lipinski definition) is 5. The van der Waals surface area contributed by atoms with E-state index >= 15 is 0 Å². The fraction of sp³-hybridized carbons (Fsp3) is 0.750. The summed E-state index contributed by atoms with van der Waals surface area (Å²) in [7, 11) is 3.24. The summed E-state index contributed by atoms with van der Waals surface area (Å²) in [5.74, 6) is 0.847. The molecule has 1 aromatic rings. The molecule has 0 aliphatic heterocycles. The van der Waals surface area contributed by atoms with Gasteiger partial charge in [0.05, 0.1) is 5.25 Å². The maximum Gasteiger partial charge on any atom is 0.164 e. The lowest BCUT2D eigenvalue weighted by molar-refractivity contribution is 0.679. The molecular formula is C4H8N4S2. The van der Waals surface area contributed by atoms with E-state index in [1.54, 1.807) is 4.68 Å². The Morgan fingerprint density at radius 3 is 2.80 bits per heavy atom. The first-order chi connectivity index (χ1) is 4.75. The normalized spacial score (nSPS) is 13.5. The van der Waals surface area contributed by atoms with E-state index in [2.05, 4.69) is 27.2 Å². The Morgan fingerprint density at radius 2 is 2.40 bits per heavy atom. The summed E-state index contributed by atoms with van der Waals surface area (Å²) in [6, 6.07) is 0. The fourth-order valence-electron chi connectivity index (χ4n) is 0.628. The molecule has 0 bridgehead atoms. The number of rotatable bonds is 2. The molecule has 1 rings (SSSR count). The minimum atomic E-state index is 0.239. The van der Waals surface area contributed by atoms with E-state index in [-0.39, 0.29) is 5.25 Å². The van der Waals surface area contributed by atoms with Crippen molar-refractivity contribution in [3.05, 3.63) is 5.82 Å². The van der Waals surface area contributed by atoms with Crippen LogP contribution in [-0.2, 0) is 7.05 Å². The SMILES string of the molecule is CC(SS)c1nnnn1C. The van der Waals surface area contributed by atoms with Gasteiger partial charge in [-0.2, -0.15) is 0 Å². The van der Waals surface area contributed by atoms with E-state index in [0.29, 0.717) is 0 Å². The zero-order valence-electron chi connectivity index (χ0n) is 5.72. The van der Waals surface area contributed by atoms with Crippen LogP contribution in [0.3, 0.4) is 0 Å². The Morgan fingerprint density at radius 1 is 1.70 bits per heavy atom. The molecule has 6 heteroatoms. The maximum absolute atomic E-state index is 4.06. The van der Waals surface area contributed by atoms with Crippen LogP contribution >= 0.6 is 22.5 Å². The third kappa shape index (κ3) is 1.43. The van der Waals surface area contributed by atoms with Crippen molar-refractivity contribution < 1.29 is 0 Å². The highest BCUT2D eigenvalue weighted by atomic mass is 33.1. The molecule has 10 heavy (non-hydrogen) atoms. The Labute approximate surface area is 68.2 Å². The molecule has 0 aliphatic carbocycles. The van der Waals surface area contributed by atoms with Gasteiger partial charge < -0.3 is 0 Å². The first-order valence-corrected chi connectivity index (χ1v) is 4.71. The number of hydrogen-bond donors (Lipinski definition) is 1. The lowest BCUT2D eigenvalue weighted by Crippen LogP contribution is -2.00. The summed E-state index contributed by atoms with van der Waals surface area (Å²) < 4.78 is 1.65. The van der Waals surface area contributed by atoms with Crippen LogP contribution in [0.4, 0.5) is 0 Å². The molecule has 0 N–H and O–H groups in total. The number of nitrogens with zero attached hydrogens (tertiary/aromatic N) is 4. The Balaban J connectivity index is 2.82. The lowest BCUT2D eigenvalue weighted by Gasteiger charge is -2.02. The molecule has 0 fully saturated rings. The third-order valence-electron chi connectivity index (χ3n) is 1.17. The van der Waals surface area contributed by atoms with Gasteiger partial charge in [-0.25, -0.2) is 4.68 Å². The molecule has 1 heterocycles. The molecule has 56 valence electrons. The molecule has 1 aromatic heterocycles. The third-order valence-corrected chi connectivity index (χ3v) is 2.65. The van der Waals surface area contributed by atoms with Gasteiger partial charge in [-0.05, 0) is 17.4 Å². The van der Waals surface area contributed by atoms with Gasteiger partial charge in [0.15, 0.2) is 5.82 Å². The van der Waals surface area contributed by atoms with Crippen molar-refractivity contribution in [1.29, 1.82) is 0 Å². The average molecular weight is 176 g/mol. The van der Waals surface area contributed by atoms with Crippen LogP contribution in [0.2, 0.25) is 0 Å². The van der Waals surface area contributed by atoms with E-state index in [4.69, 9.17) is 0 Å². The van der Waals surface area contributed by atoms with Crippen LogP contribution in [0.25, 0.3) is 0 Å². The van der Waals surface area contributed by atoms with Crippen molar-refractivity contribution in [3.8, 4) is 0 Å². The Hall–Kier alpha value is -0.230. The fourth-order valence-corrected chi connectivity index (χ4v) is 1.20. The molecular weight excluding hydrogens is 168 g/mol. The first-order valence-electron chi connectivity index (χ1n) is 2.78. The number of thiol groups is 1. The van der Waals surface area contributed by atoms with Gasteiger partial charge in [0.1, 0.15) is 0 Å². The van der Waals surface area contributed by atoms with Crippen molar-refractivity contribution in [2.75, 3.05) is 0 Å². The van der Waals surface area contributed by atoms with Gasteiger partial charge in [0.25, 0.3) is 0 Å². The quantitative estimate of drug-likeness (QED) is 0.536. The highest BCUT2D eigenvalue weighted by Crippen LogP contribution is 2.27. The van der Waals surface area contributed by atoms with E-state index in [9.17, 15) is 0 Å². The molecule has 0 saturated carbocycles. The summed E-state index contributed by atoms with van der Waals surface area (Å²) in [5.41, 5.74) is 0. The highest BCUT2D eigenvalue weighted by molar-refractivity contribution is 8.68. The van der Waals surface area contributed by atoms with E-state index in [1.807, 2.05) is 14.0 Å². The Bertz CT molecular complexity index is 211. The van der Waals surface area contributed by atoms with E-state index < -0.39 is 0 Å². The molecule has 1 unspecified atom stereocenters. The molecule has 0 amide bonds. The first kappa shape index (κ1) is 7.87. The molecule has 4 nitrogen and oxygen atoms in total. The summed E-state index contributed by atoms with van der Waals surface area (Å²) in [6.45, 7) is 2.00. The minimum Gasteiger partial charge on any atom is -0.232 e. The minimum absolute atomic E-state index is 0.239. The smallest absolute Gasteiger partial charge is 0.164 e. The zero-order valence-corrected chi connectivity index (χ0v) is 7.43. The topological polar surface area (TPSA) is 43.6 Å². The van der Waals surface area contributed by atoms with Crippen LogP contribution in [0.15, 0.2) is 0 Å². The lowest BCUT2D eigenvalue weighted by atomic mass is 10.4. The summed E-state index contributed by atoms with van der Waals surface area (Å²) >= 11 is 4.06. The van der Waals surface area contributed by atoms with Crippen LogP contribution in [-0.4, -0.2) is 20.2 Å². The Kier molecular flexibility index (Phi) is 2.56. The van der Waals surface area contributed by atoms with Gasteiger partial charge >= 0.3 is 0 Å². The maximum atomic E-state index is 4.06. The van der Waals surface area contributed by atoms with E-state index in [1.165, 1.54) is 10.8 Å². The molecule has 0 saturated heterocycles. The second-order valence-corrected chi connectivity index (χ2v) is 3.46. The number of tetrazole rings is 1. The second kappa shape index (κ2) is 3.25. The van der Waals surface area contributed by atoms with Crippen molar-refractivity contribution in [2.24, 2.45) is 7.05 Å². The van der Waals surface area contributed by atoms with Gasteiger partial charge in [0.2, 0.25) is 0 Å². The molecule has 0 aromatic carbocycles. The van der Waals surface area contributed by atoms with Crippen molar-refractivity contribution >= 4 is 22.5 Å². The highest BCUT2D eigenvalue weighted by Gasteiger charge is 2.10. The molecule has 0 spiro atoms. The van der Waals surface area contributed by atoms with Gasteiger partial charge in [0, 0.05) is 7.05 Å². The second-order valence-electron chi connectivity index (χ2n) is 1.91. The van der Waals surface area contributed by atoms with Crippen molar-refractivity contribution in [2.45, 2.75) is 12.2 Å². The predicted molar refractivity (Wildman–Crippen MR) is 43.8 cm³/mol. The summed E-state index contributed by atoms with van der Waals surface area (Å²) in [6.07, 6.45) is 0. The predicted octanol–water partition coefficient (Wildman–Crippen LogP) is 0.849. The van der Waals surface area contributed by atoms with Crippen LogP contribution in [0, 0.1) is 0 Å². The summed E-state index contributed by atoms with van der Waals surface area (Å²) in [4.78, 5) is 0. The molecule has 0 aliphatic rings. The van der Waals surface area contributed by atoms with Crippen LogP contribution < -0.4 is 0 Å². The average Bonchev–Trinajstić information content (AvgIpc) is 2.34. The van der Waals surface area contributed by atoms with Crippen LogP contribution in [0.1, 0.15) is 18.0 Å². The molecule has 0 radical (unpaired) electrons. The standard InChI is InChI=1S/C4H8N4S2/c1-3(10-9)4-5-6-7-8(4)2/h3,9H,1-2H3. The van der Waals surface area contributed by atoms with Gasteiger partial charge in [-0.3, -0.25) is 0 Å². The van der Waals surface area contributed by atoms with Gasteiger partial charge in [-0.1, -0.05) is 10.8 Å². The molecule has 1 atom stereocenters. The van der Waals surface area contributed by atoms with Crippen LogP contribution in [0.5, 0.6) is 0 Å². The van der Waals surface area contributed by atoms with E-state index in [0.717, 1.165) is 5.82 Å².